The molecule has 0 aliphatic heterocycles. The van der Waals surface area contributed by atoms with Crippen molar-refractivity contribution in [2.24, 2.45) is 11.7 Å². The van der Waals surface area contributed by atoms with Crippen LogP contribution in [0.4, 0.5) is 11.4 Å². The molecular weight excluding hydrogens is 294 g/mol. The predicted octanol–water partition coefficient (Wildman–Crippen LogP) is 3.34. The van der Waals surface area contributed by atoms with E-state index < -0.39 is 4.92 Å². The third kappa shape index (κ3) is 5.69. The average Bonchev–Trinajstić information content (AvgIpc) is 2.45. The first-order chi connectivity index (χ1) is 9.97. The molecule has 1 unspecified atom stereocenters. The molecule has 0 fully saturated rings. The molecule has 0 saturated carbocycles. The molecular formula is C14H20ClN3O3. The van der Waals surface area contributed by atoms with Gasteiger partial charge in [-0.05, 0) is 31.4 Å². The van der Waals surface area contributed by atoms with Crippen molar-refractivity contribution in [2.75, 3.05) is 11.9 Å². The first-order valence-corrected chi connectivity index (χ1v) is 7.29. The van der Waals surface area contributed by atoms with Gasteiger partial charge in [0.25, 0.3) is 5.69 Å². The maximum absolute atomic E-state index is 11.9. The minimum Gasteiger partial charge on any atom is -0.330 e. The van der Waals surface area contributed by atoms with Gasteiger partial charge in [-0.1, -0.05) is 24.9 Å². The molecule has 116 valence electrons. The normalized spacial score (nSPS) is 12.0. The van der Waals surface area contributed by atoms with Crippen LogP contribution in [0, 0.1) is 16.0 Å². The van der Waals surface area contributed by atoms with Crippen molar-refractivity contribution in [2.45, 2.75) is 32.6 Å². The van der Waals surface area contributed by atoms with Crippen LogP contribution in [-0.4, -0.2) is 17.4 Å². The van der Waals surface area contributed by atoms with Crippen LogP contribution in [0.5, 0.6) is 0 Å². The van der Waals surface area contributed by atoms with E-state index in [0.717, 1.165) is 19.3 Å². The molecule has 1 rings (SSSR count). The van der Waals surface area contributed by atoms with E-state index in [9.17, 15) is 14.9 Å². The van der Waals surface area contributed by atoms with Crippen LogP contribution < -0.4 is 11.1 Å². The molecule has 0 aromatic heterocycles. The second-order valence-corrected chi connectivity index (χ2v) is 5.27. The quantitative estimate of drug-likeness (QED) is 0.568. The number of nitrogens with one attached hydrogen (secondary N) is 1. The number of nitrogens with zero attached hydrogens (tertiary/aromatic N) is 1. The Hall–Kier alpha value is -1.66. The Kier molecular flexibility index (Phi) is 7.11. The van der Waals surface area contributed by atoms with Crippen LogP contribution in [0.3, 0.4) is 0 Å². The molecule has 0 aliphatic carbocycles. The van der Waals surface area contributed by atoms with Gasteiger partial charge in [0.2, 0.25) is 5.91 Å². The third-order valence-electron chi connectivity index (χ3n) is 3.37. The summed E-state index contributed by atoms with van der Waals surface area (Å²) in [5, 5.41) is 13.4. The average molecular weight is 314 g/mol. The van der Waals surface area contributed by atoms with Crippen LogP contribution in [0.1, 0.15) is 32.6 Å². The smallest absolute Gasteiger partial charge is 0.271 e. The lowest BCUT2D eigenvalue weighted by Gasteiger charge is -2.13. The number of non-ortho nitro benzene ring substituents is 1. The van der Waals surface area contributed by atoms with Crippen LogP contribution in [0.25, 0.3) is 0 Å². The van der Waals surface area contributed by atoms with Crippen molar-refractivity contribution in [3.63, 3.8) is 0 Å². The Morgan fingerprint density at radius 3 is 2.71 bits per heavy atom. The van der Waals surface area contributed by atoms with Crippen LogP contribution in [0.2, 0.25) is 5.02 Å². The van der Waals surface area contributed by atoms with Crippen LogP contribution >= 0.6 is 11.6 Å². The highest BCUT2D eigenvalue weighted by atomic mass is 35.5. The van der Waals surface area contributed by atoms with Crippen molar-refractivity contribution in [3.05, 3.63) is 33.3 Å². The Bertz CT molecular complexity index is 508. The van der Waals surface area contributed by atoms with Gasteiger partial charge < -0.3 is 11.1 Å². The van der Waals surface area contributed by atoms with Gasteiger partial charge in [-0.3, -0.25) is 14.9 Å². The number of nitro groups is 1. The number of hydrogen-bond acceptors (Lipinski definition) is 4. The summed E-state index contributed by atoms with van der Waals surface area (Å²) in [5.41, 5.74) is 5.80. The van der Waals surface area contributed by atoms with Crippen molar-refractivity contribution in [1.29, 1.82) is 0 Å². The molecule has 0 heterocycles. The summed E-state index contributed by atoms with van der Waals surface area (Å²) in [6.07, 6.45) is 3.04. The fourth-order valence-electron chi connectivity index (χ4n) is 2.06. The van der Waals surface area contributed by atoms with Crippen molar-refractivity contribution in [1.82, 2.24) is 0 Å². The molecule has 21 heavy (non-hydrogen) atoms. The van der Waals surface area contributed by atoms with Crippen molar-refractivity contribution < 1.29 is 9.72 Å². The number of carbonyl (C=O) groups excluding carboxylic acids is 1. The number of amides is 1. The molecule has 0 bridgehead atoms. The summed E-state index contributed by atoms with van der Waals surface area (Å²) >= 11 is 5.92. The molecule has 1 amide bonds. The van der Waals surface area contributed by atoms with E-state index in [1.165, 1.54) is 18.2 Å². The minimum atomic E-state index is -0.532. The number of rotatable bonds is 8. The number of nitrogens with two attached hydrogens (primary N) is 1. The molecule has 1 atom stereocenters. The predicted molar refractivity (Wildman–Crippen MR) is 83.4 cm³/mol. The van der Waals surface area contributed by atoms with Crippen molar-refractivity contribution in [3.8, 4) is 0 Å². The van der Waals surface area contributed by atoms with Gasteiger partial charge >= 0.3 is 0 Å². The molecule has 0 aliphatic rings. The summed E-state index contributed by atoms with van der Waals surface area (Å²) in [7, 11) is 0. The Labute approximate surface area is 128 Å². The monoisotopic (exact) mass is 313 g/mol. The van der Waals surface area contributed by atoms with Crippen LogP contribution in [-0.2, 0) is 4.79 Å². The number of anilines is 1. The largest absolute Gasteiger partial charge is 0.330 e. The second-order valence-electron chi connectivity index (χ2n) is 4.86. The number of hydrogen-bond donors (Lipinski definition) is 2. The first kappa shape index (κ1) is 17.4. The summed E-state index contributed by atoms with van der Waals surface area (Å²) in [5.74, 6) is 0.286. The van der Waals surface area contributed by atoms with Gasteiger partial charge in [-0.25, -0.2) is 0 Å². The van der Waals surface area contributed by atoms with E-state index in [-0.39, 0.29) is 16.6 Å². The summed E-state index contributed by atoms with van der Waals surface area (Å²) < 4.78 is 0. The van der Waals surface area contributed by atoms with E-state index in [1.54, 1.807) is 0 Å². The van der Waals surface area contributed by atoms with Gasteiger partial charge in [0.1, 0.15) is 0 Å². The zero-order valence-corrected chi connectivity index (χ0v) is 12.7. The molecule has 3 N–H and O–H groups in total. The molecule has 6 nitrogen and oxygen atoms in total. The van der Waals surface area contributed by atoms with E-state index in [1.807, 2.05) is 0 Å². The summed E-state index contributed by atoms with van der Waals surface area (Å²) in [4.78, 5) is 21.9. The zero-order chi connectivity index (χ0) is 15.8. The number of carbonyl (C=O) groups is 1. The van der Waals surface area contributed by atoms with E-state index in [4.69, 9.17) is 17.3 Å². The van der Waals surface area contributed by atoms with E-state index >= 15 is 0 Å². The maximum Gasteiger partial charge on any atom is 0.271 e. The lowest BCUT2D eigenvalue weighted by atomic mass is 9.96. The van der Waals surface area contributed by atoms with Crippen molar-refractivity contribution >= 4 is 28.9 Å². The topological polar surface area (TPSA) is 98.3 Å². The van der Waals surface area contributed by atoms with Gasteiger partial charge in [0.05, 0.1) is 15.6 Å². The molecule has 0 radical (unpaired) electrons. The maximum atomic E-state index is 11.9. The Balaban J connectivity index is 2.57. The lowest BCUT2D eigenvalue weighted by Crippen LogP contribution is -2.15. The first-order valence-electron chi connectivity index (χ1n) is 6.91. The molecule has 7 heteroatoms. The van der Waals surface area contributed by atoms with E-state index in [2.05, 4.69) is 12.2 Å². The van der Waals surface area contributed by atoms with Gasteiger partial charge in [0.15, 0.2) is 0 Å². The van der Waals surface area contributed by atoms with Crippen LogP contribution in [0.15, 0.2) is 18.2 Å². The van der Waals surface area contributed by atoms with E-state index in [0.29, 0.717) is 24.6 Å². The van der Waals surface area contributed by atoms with Gasteiger partial charge in [-0.15, -0.1) is 0 Å². The third-order valence-corrected chi connectivity index (χ3v) is 3.68. The highest BCUT2D eigenvalue weighted by molar-refractivity contribution is 6.33. The number of nitro benzene ring substituents is 1. The fraction of sp³-hybridized carbons (Fsp3) is 0.500. The molecule has 0 spiro atoms. The van der Waals surface area contributed by atoms with Gasteiger partial charge in [-0.2, -0.15) is 0 Å². The lowest BCUT2D eigenvalue weighted by molar-refractivity contribution is -0.384. The summed E-state index contributed by atoms with van der Waals surface area (Å²) in [6, 6.07) is 3.97. The second kappa shape index (κ2) is 8.59. The minimum absolute atomic E-state index is 0.105. The number of halogens is 1. The molecule has 0 saturated heterocycles. The molecule has 1 aromatic carbocycles. The Morgan fingerprint density at radius 1 is 1.48 bits per heavy atom. The molecule has 1 aromatic rings. The highest BCUT2D eigenvalue weighted by Gasteiger charge is 2.13. The number of benzene rings is 1. The zero-order valence-electron chi connectivity index (χ0n) is 12.0. The van der Waals surface area contributed by atoms with Gasteiger partial charge in [0, 0.05) is 18.6 Å². The standard InChI is InChI=1S/C14H20ClN3O3/c1-2-10(7-8-16)3-6-14(19)17-13-5-4-11(18(20)21)9-12(13)15/h4-5,9-10H,2-3,6-8,16H2,1H3,(H,17,19). The Morgan fingerprint density at radius 2 is 2.19 bits per heavy atom. The SMILES string of the molecule is CCC(CCN)CCC(=O)Nc1ccc([N+](=O)[O-])cc1Cl. The fourth-order valence-corrected chi connectivity index (χ4v) is 2.28. The highest BCUT2D eigenvalue weighted by Crippen LogP contribution is 2.27. The summed E-state index contributed by atoms with van der Waals surface area (Å²) in [6.45, 7) is 2.69.